The molecule has 2 N–H and O–H groups in total. The van der Waals surface area contributed by atoms with Crippen LogP contribution in [0, 0.1) is 11.7 Å². The minimum Gasteiger partial charge on any atom is -0.462 e. The van der Waals surface area contributed by atoms with Crippen LogP contribution < -0.4 is 15.4 Å². The second-order valence-electron chi connectivity index (χ2n) is 10.3. The zero-order valence-electron chi connectivity index (χ0n) is 21.8. The number of likely N-dealkylation sites (N-methyl/N-ethyl adjacent to an activating group) is 1. The lowest BCUT2D eigenvalue weighted by Gasteiger charge is -2.19. The van der Waals surface area contributed by atoms with Crippen LogP contribution in [0.1, 0.15) is 30.9 Å². The summed E-state index contributed by atoms with van der Waals surface area (Å²) in [6.45, 7) is 6.98. The molecule has 200 valence electrons. The van der Waals surface area contributed by atoms with E-state index in [0.29, 0.717) is 29.3 Å². The van der Waals surface area contributed by atoms with Crippen LogP contribution in [0.5, 0.6) is 6.01 Å². The number of benzene rings is 2. The third kappa shape index (κ3) is 5.34. The first-order chi connectivity index (χ1) is 18.3. The van der Waals surface area contributed by atoms with Crippen LogP contribution in [-0.2, 0) is 17.6 Å². The monoisotopic (exact) mass is 521 g/mol. The summed E-state index contributed by atoms with van der Waals surface area (Å²) >= 11 is 0. The minimum atomic E-state index is -1.05. The number of likely N-dealkylation sites (tertiary alicyclic amines) is 1. The highest BCUT2D eigenvalue weighted by atomic mass is 19.1. The number of hydrogen-bond donors (Lipinski definition) is 2. The Morgan fingerprint density at radius 2 is 2.03 bits per heavy atom. The lowest BCUT2D eigenvalue weighted by atomic mass is 9.95. The molecule has 0 saturated carbocycles. The molecule has 0 spiro atoms. The van der Waals surface area contributed by atoms with Crippen LogP contribution in [0.15, 0.2) is 42.7 Å². The predicted octanol–water partition coefficient (Wildman–Crippen LogP) is 4.65. The van der Waals surface area contributed by atoms with Crippen molar-refractivity contribution in [3.8, 4) is 17.1 Å². The van der Waals surface area contributed by atoms with Crippen LogP contribution in [-0.4, -0.2) is 60.1 Å². The highest BCUT2D eigenvalue weighted by Gasteiger charge is 2.25. The molecule has 9 heteroatoms. The summed E-state index contributed by atoms with van der Waals surface area (Å²) in [5.74, 6) is -1.44. The Balaban J connectivity index is 1.48. The van der Waals surface area contributed by atoms with Crippen molar-refractivity contribution in [2.75, 3.05) is 38.6 Å². The molecule has 0 radical (unpaired) electrons. The van der Waals surface area contributed by atoms with E-state index in [0.717, 1.165) is 37.8 Å². The van der Waals surface area contributed by atoms with Crippen molar-refractivity contribution < 1.29 is 18.3 Å². The van der Waals surface area contributed by atoms with Gasteiger partial charge in [0, 0.05) is 30.1 Å². The standard InChI is InChI=1S/C29H33F2N5O2/c1-17-14-19-6-4-8-21(24(19)15-17)22-9-10-23-26(25(22)31)34-29(38-16-20-7-5-13-36(20)3)35-27(23)32-11-12-33-28(37)18(2)30/h4,6,8-10,17,20H,2,5,7,11-16H2,1,3H3,(H,33,37)(H,32,34,35)/t17?,20-/m0/s1. The number of anilines is 1. The number of carbonyl (C=O) groups excluding carboxylic acids is 1. The first kappa shape index (κ1) is 26.0. The van der Waals surface area contributed by atoms with Crippen molar-refractivity contribution in [2.24, 2.45) is 5.92 Å². The van der Waals surface area contributed by atoms with E-state index in [9.17, 15) is 9.18 Å². The molecular weight excluding hydrogens is 488 g/mol. The number of ether oxygens (including phenoxy) is 1. The number of nitrogens with zero attached hydrogens (tertiary/aromatic N) is 3. The molecule has 7 nitrogen and oxygen atoms in total. The van der Waals surface area contributed by atoms with E-state index in [1.54, 1.807) is 6.07 Å². The zero-order chi connectivity index (χ0) is 26.8. The number of rotatable bonds is 9. The van der Waals surface area contributed by atoms with Crippen LogP contribution in [0.3, 0.4) is 0 Å². The minimum absolute atomic E-state index is 0.0874. The van der Waals surface area contributed by atoms with Gasteiger partial charge in [-0.3, -0.25) is 4.79 Å². The molecule has 2 heterocycles. The van der Waals surface area contributed by atoms with Crippen LogP contribution in [0.2, 0.25) is 0 Å². The molecule has 1 aliphatic carbocycles. The van der Waals surface area contributed by atoms with Crippen molar-refractivity contribution >= 4 is 22.6 Å². The van der Waals surface area contributed by atoms with Crippen LogP contribution in [0.4, 0.5) is 14.6 Å². The maximum atomic E-state index is 16.2. The van der Waals surface area contributed by atoms with Crippen LogP contribution >= 0.6 is 0 Å². The number of fused-ring (bicyclic) bond motifs is 2. The molecule has 3 aromatic rings. The average molecular weight is 522 g/mol. The fourth-order valence-electron chi connectivity index (χ4n) is 5.48. The Kier molecular flexibility index (Phi) is 7.56. The molecule has 38 heavy (non-hydrogen) atoms. The quantitative estimate of drug-likeness (QED) is 0.315. The Hall–Kier alpha value is -3.59. The van der Waals surface area contributed by atoms with Gasteiger partial charge in [-0.1, -0.05) is 37.8 Å². The van der Waals surface area contributed by atoms with Gasteiger partial charge in [-0.25, -0.2) is 8.78 Å². The first-order valence-corrected chi connectivity index (χ1v) is 13.1. The molecular formula is C29H33F2N5O2. The molecule has 1 amide bonds. The predicted molar refractivity (Wildman–Crippen MR) is 144 cm³/mol. The Bertz CT molecular complexity index is 1380. The number of carbonyl (C=O) groups is 1. The van der Waals surface area contributed by atoms with Gasteiger partial charge in [0.2, 0.25) is 0 Å². The van der Waals surface area contributed by atoms with Gasteiger partial charge >= 0.3 is 6.01 Å². The summed E-state index contributed by atoms with van der Waals surface area (Å²) < 4.78 is 35.1. The Labute approximate surface area is 221 Å². The Morgan fingerprint density at radius 1 is 1.18 bits per heavy atom. The van der Waals surface area contributed by atoms with E-state index in [-0.39, 0.29) is 30.7 Å². The molecule has 2 atom stereocenters. The normalized spacial score (nSPS) is 18.9. The van der Waals surface area contributed by atoms with Gasteiger partial charge in [0.15, 0.2) is 11.6 Å². The fraction of sp³-hybridized carbons (Fsp3) is 0.414. The van der Waals surface area contributed by atoms with E-state index in [1.165, 1.54) is 11.1 Å². The summed E-state index contributed by atoms with van der Waals surface area (Å²) in [6.07, 6.45) is 4.03. The van der Waals surface area contributed by atoms with Crippen molar-refractivity contribution in [1.29, 1.82) is 0 Å². The third-order valence-corrected chi connectivity index (χ3v) is 7.50. The molecule has 1 fully saturated rings. The van der Waals surface area contributed by atoms with Crippen molar-refractivity contribution in [2.45, 2.75) is 38.6 Å². The van der Waals surface area contributed by atoms with Gasteiger partial charge < -0.3 is 20.3 Å². The Morgan fingerprint density at radius 3 is 2.79 bits per heavy atom. The second-order valence-corrected chi connectivity index (χ2v) is 10.3. The van der Waals surface area contributed by atoms with Gasteiger partial charge in [-0.05, 0) is 68.0 Å². The highest BCUT2D eigenvalue weighted by Crippen LogP contribution is 2.38. The summed E-state index contributed by atoms with van der Waals surface area (Å²) in [7, 11) is 2.06. The van der Waals surface area contributed by atoms with Gasteiger partial charge in [-0.2, -0.15) is 9.97 Å². The van der Waals surface area contributed by atoms with Crippen molar-refractivity contribution in [3.63, 3.8) is 0 Å². The van der Waals surface area contributed by atoms with E-state index in [2.05, 4.69) is 52.1 Å². The van der Waals surface area contributed by atoms with E-state index < -0.39 is 17.6 Å². The molecule has 5 rings (SSSR count). The number of halogens is 2. The molecule has 1 unspecified atom stereocenters. The van der Waals surface area contributed by atoms with Crippen molar-refractivity contribution in [1.82, 2.24) is 20.2 Å². The van der Waals surface area contributed by atoms with E-state index in [1.807, 2.05) is 18.2 Å². The summed E-state index contributed by atoms with van der Waals surface area (Å²) in [4.78, 5) is 22.7. The lowest BCUT2D eigenvalue weighted by Crippen LogP contribution is -2.31. The highest BCUT2D eigenvalue weighted by molar-refractivity contribution is 5.94. The van der Waals surface area contributed by atoms with Gasteiger partial charge in [0.1, 0.15) is 17.9 Å². The van der Waals surface area contributed by atoms with Crippen LogP contribution in [0.25, 0.3) is 22.0 Å². The molecule has 1 saturated heterocycles. The average Bonchev–Trinajstić information content (AvgIpc) is 3.49. The van der Waals surface area contributed by atoms with E-state index in [4.69, 9.17) is 4.74 Å². The van der Waals surface area contributed by atoms with Gasteiger partial charge in [0.25, 0.3) is 5.91 Å². The SMILES string of the molecule is C=C(F)C(=O)NCCNc1nc(OC[C@@H]2CCCN2C)nc2c(F)c(-c3cccc4c3CC(C)C4)ccc12. The number of hydrogen-bond acceptors (Lipinski definition) is 6. The zero-order valence-corrected chi connectivity index (χ0v) is 21.8. The maximum Gasteiger partial charge on any atom is 0.319 e. The smallest absolute Gasteiger partial charge is 0.319 e. The summed E-state index contributed by atoms with van der Waals surface area (Å²) in [5.41, 5.74) is 4.02. The number of nitrogens with one attached hydrogen (secondary N) is 2. The summed E-state index contributed by atoms with van der Waals surface area (Å²) in [6, 6.07) is 9.99. The number of aromatic nitrogens is 2. The molecule has 1 aromatic heterocycles. The number of amides is 1. The molecule has 2 aromatic carbocycles. The van der Waals surface area contributed by atoms with Gasteiger partial charge in [-0.15, -0.1) is 0 Å². The maximum absolute atomic E-state index is 16.2. The molecule has 2 aliphatic rings. The topological polar surface area (TPSA) is 79.4 Å². The second kappa shape index (κ2) is 11.0. The van der Waals surface area contributed by atoms with Crippen molar-refractivity contribution in [3.05, 3.63) is 59.7 Å². The largest absolute Gasteiger partial charge is 0.462 e. The van der Waals surface area contributed by atoms with Gasteiger partial charge in [0.05, 0.1) is 0 Å². The summed E-state index contributed by atoms with van der Waals surface area (Å²) in [5, 5.41) is 6.04. The lowest BCUT2D eigenvalue weighted by molar-refractivity contribution is -0.118. The van der Waals surface area contributed by atoms with E-state index >= 15 is 4.39 Å². The molecule has 0 bridgehead atoms. The molecule has 1 aliphatic heterocycles. The third-order valence-electron chi connectivity index (χ3n) is 7.50. The fourth-order valence-corrected chi connectivity index (χ4v) is 5.48. The first-order valence-electron chi connectivity index (χ1n) is 13.1.